The summed E-state index contributed by atoms with van der Waals surface area (Å²) in [6, 6.07) is 4.66. The van der Waals surface area contributed by atoms with Gasteiger partial charge in [0.2, 0.25) is 0 Å². The highest BCUT2D eigenvalue weighted by molar-refractivity contribution is 5.93. The zero-order valence-corrected chi connectivity index (χ0v) is 10.8. The predicted molar refractivity (Wildman–Crippen MR) is 68.8 cm³/mol. The molecule has 0 unspecified atom stereocenters. The first-order valence-corrected chi connectivity index (χ1v) is 5.61. The van der Waals surface area contributed by atoms with E-state index in [1.165, 1.54) is 19.4 Å². The lowest BCUT2D eigenvalue weighted by atomic mass is 10.2. The number of nitrogens with zero attached hydrogens (tertiary/aromatic N) is 3. The molecule has 2 aromatic rings. The number of carbonyl (C=O) groups is 1. The highest BCUT2D eigenvalue weighted by Gasteiger charge is 2.13. The fourth-order valence-electron chi connectivity index (χ4n) is 1.43. The van der Waals surface area contributed by atoms with Gasteiger partial charge in [-0.25, -0.2) is 10.1 Å². The Hall–Kier alpha value is -2.90. The lowest BCUT2D eigenvalue weighted by Crippen LogP contribution is -2.19. The topological polar surface area (TPSA) is 110 Å². The van der Waals surface area contributed by atoms with Gasteiger partial charge in [-0.1, -0.05) is 5.16 Å². The number of hydrogen-bond acceptors (Lipinski definition) is 7. The molecule has 1 aromatic heterocycles. The van der Waals surface area contributed by atoms with E-state index in [2.05, 4.69) is 25.5 Å². The van der Waals surface area contributed by atoms with Crippen LogP contribution in [0.5, 0.6) is 11.5 Å². The van der Waals surface area contributed by atoms with E-state index in [1.54, 1.807) is 19.1 Å². The molecule has 0 aliphatic heterocycles. The Bertz CT molecular complexity index is 651. The van der Waals surface area contributed by atoms with E-state index in [0.29, 0.717) is 17.0 Å². The van der Waals surface area contributed by atoms with Gasteiger partial charge in [-0.2, -0.15) is 5.10 Å². The second-order valence-electron chi connectivity index (χ2n) is 3.83. The van der Waals surface area contributed by atoms with Crippen molar-refractivity contribution in [2.24, 2.45) is 5.10 Å². The summed E-state index contributed by atoms with van der Waals surface area (Å²) >= 11 is 0. The van der Waals surface area contributed by atoms with Crippen molar-refractivity contribution in [1.29, 1.82) is 0 Å². The van der Waals surface area contributed by atoms with E-state index >= 15 is 0 Å². The number of carbonyl (C=O) groups excluding carboxylic acids is 1. The van der Waals surface area contributed by atoms with Crippen molar-refractivity contribution in [2.75, 3.05) is 7.11 Å². The average molecular weight is 276 g/mol. The third kappa shape index (κ3) is 2.91. The van der Waals surface area contributed by atoms with Crippen molar-refractivity contribution in [2.45, 2.75) is 6.92 Å². The first kappa shape index (κ1) is 13.5. The number of benzene rings is 1. The number of aryl methyl sites for hydroxylation is 1. The fourth-order valence-corrected chi connectivity index (χ4v) is 1.43. The van der Waals surface area contributed by atoms with E-state index in [0.717, 1.165) is 0 Å². The monoisotopic (exact) mass is 276 g/mol. The second kappa shape index (κ2) is 5.83. The van der Waals surface area contributed by atoms with Crippen LogP contribution in [0.3, 0.4) is 0 Å². The Labute approximate surface area is 114 Å². The SMILES string of the molecule is COc1cc(/C=N\NC(=O)c2nonc2C)ccc1O. The normalized spacial score (nSPS) is 10.7. The number of methoxy groups -OCH3 is 1. The van der Waals surface area contributed by atoms with Crippen molar-refractivity contribution in [1.82, 2.24) is 15.7 Å². The number of aromatic hydroxyl groups is 1. The van der Waals surface area contributed by atoms with Crippen molar-refractivity contribution < 1.29 is 19.3 Å². The van der Waals surface area contributed by atoms with Crippen LogP contribution in [0, 0.1) is 6.92 Å². The summed E-state index contributed by atoms with van der Waals surface area (Å²) in [5, 5.41) is 20.2. The Morgan fingerprint density at radius 2 is 2.30 bits per heavy atom. The van der Waals surface area contributed by atoms with Crippen LogP contribution in [-0.4, -0.2) is 34.7 Å². The smallest absolute Gasteiger partial charge is 0.295 e. The van der Waals surface area contributed by atoms with Gasteiger partial charge in [0.15, 0.2) is 17.2 Å². The summed E-state index contributed by atoms with van der Waals surface area (Å²) in [5.74, 6) is -0.180. The minimum atomic E-state index is -0.522. The van der Waals surface area contributed by atoms with Gasteiger partial charge in [0, 0.05) is 0 Å². The summed E-state index contributed by atoms with van der Waals surface area (Å²) in [6.45, 7) is 1.60. The van der Waals surface area contributed by atoms with Gasteiger partial charge in [-0.3, -0.25) is 4.79 Å². The fraction of sp³-hybridized carbons (Fsp3) is 0.167. The summed E-state index contributed by atoms with van der Waals surface area (Å²) in [6.07, 6.45) is 1.41. The van der Waals surface area contributed by atoms with E-state index < -0.39 is 5.91 Å². The quantitative estimate of drug-likeness (QED) is 0.633. The van der Waals surface area contributed by atoms with Crippen LogP contribution < -0.4 is 10.2 Å². The third-order valence-corrected chi connectivity index (χ3v) is 2.45. The van der Waals surface area contributed by atoms with Crippen LogP contribution in [0.25, 0.3) is 0 Å². The number of amides is 1. The molecule has 0 fully saturated rings. The van der Waals surface area contributed by atoms with E-state index in [-0.39, 0.29) is 11.4 Å². The number of ether oxygens (including phenoxy) is 1. The lowest BCUT2D eigenvalue weighted by Gasteiger charge is -2.03. The number of nitrogens with one attached hydrogen (secondary N) is 1. The highest BCUT2D eigenvalue weighted by Crippen LogP contribution is 2.25. The van der Waals surface area contributed by atoms with Gasteiger partial charge in [0.05, 0.1) is 13.3 Å². The summed E-state index contributed by atoms with van der Waals surface area (Å²) in [7, 11) is 1.44. The molecule has 0 atom stereocenters. The molecule has 0 aliphatic carbocycles. The standard InChI is InChI=1S/C12H12N4O4/c1-7-11(16-20-15-7)12(18)14-13-6-8-3-4-9(17)10(5-8)19-2/h3-6,17H,1-2H3,(H,14,18)/b13-6-. The molecule has 0 saturated heterocycles. The molecule has 0 radical (unpaired) electrons. The molecule has 2 rings (SSSR count). The van der Waals surface area contributed by atoms with Gasteiger partial charge >= 0.3 is 0 Å². The Kier molecular flexibility index (Phi) is 3.94. The number of hydrazone groups is 1. The average Bonchev–Trinajstić information content (AvgIpc) is 2.87. The number of aromatic nitrogens is 2. The maximum absolute atomic E-state index is 11.6. The van der Waals surface area contributed by atoms with E-state index in [9.17, 15) is 9.90 Å². The van der Waals surface area contributed by atoms with Crippen LogP contribution in [-0.2, 0) is 0 Å². The Morgan fingerprint density at radius 3 is 2.95 bits per heavy atom. The molecule has 8 nitrogen and oxygen atoms in total. The number of phenolic OH excluding ortho intramolecular Hbond substituents is 1. The summed E-state index contributed by atoms with van der Waals surface area (Å²) < 4.78 is 9.38. The highest BCUT2D eigenvalue weighted by atomic mass is 16.6. The Morgan fingerprint density at radius 1 is 1.50 bits per heavy atom. The number of rotatable bonds is 4. The predicted octanol–water partition coefficient (Wildman–Crippen LogP) is 0.856. The zero-order valence-electron chi connectivity index (χ0n) is 10.8. The van der Waals surface area contributed by atoms with Gasteiger partial charge in [0.25, 0.3) is 5.91 Å². The molecule has 0 spiro atoms. The van der Waals surface area contributed by atoms with Gasteiger partial charge in [0.1, 0.15) is 5.69 Å². The minimum absolute atomic E-state index is 0.0259. The molecule has 8 heteroatoms. The summed E-state index contributed by atoms with van der Waals surface area (Å²) in [5.41, 5.74) is 3.39. The molecule has 0 saturated carbocycles. The maximum atomic E-state index is 11.6. The molecule has 104 valence electrons. The van der Waals surface area contributed by atoms with Gasteiger partial charge < -0.3 is 9.84 Å². The molecule has 0 aliphatic rings. The molecule has 1 aromatic carbocycles. The second-order valence-corrected chi connectivity index (χ2v) is 3.83. The van der Waals surface area contributed by atoms with Crippen molar-refractivity contribution >= 4 is 12.1 Å². The molecule has 1 heterocycles. The van der Waals surface area contributed by atoms with Crippen LogP contribution >= 0.6 is 0 Å². The molecule has 20 heavy (non-hydrogen) atoms. The number of phenols is 1. The van der Waals surface area contributed by atoms with Crippen LogP contribution in [0.15, 0.2) is 27.9 Å². The van der Waals surface area contributed by atoms with E-state index in [1.807, 2.05) is 0 Å². The Balaban J connectivity index is 2.04. The molecular weight excluding hydrogens is 264 g/mol. The van der Waals surface area contributed by atoms with Gasteiger partial charge in [-0.05, 0) is 35.8 Å². The van der Waals surface area contributed by atoms with Crippen molar-refractivity contribution in [3.05, 3.63) is 35.2 Å². The first-order chi connectivity index (χ1) is 9.61. The minimum Gasteiger partial charge on any atom is -0.504 e. The van der Waals surface area contributed by atoms with Crippen LogP contribution in [0.4, 0.5) is 0 Å². The summed E-state index contributed by atoms with van der Waals surface area (Å²) in [4.78, 5) is 11.6. The van der Waals surface area contributed by atoms with Crippen molar-refractivity contribution in [3.63, 3.8) is 0 Å². The zero-order chi connectivity index (χ0) is 14.5. The van der Waals surface area contributed by atoms with E-state index in [4.69, 9.17) is 4.74 Å². The van der Waals surface area contributed by atoms with Crippen LogP contribution in [0.1, 0.15) is 21.7 Å². The van der Waals surface area contributed by atoms with Gasteiger partial charge in [-0.15, -0.1) is 0 Å². The lowest BCUT2D eigenvalue weighted by molar-refractivity contribution is 0.0945. The molecular formula is C12H12N4O4. The molecule has 0 bridgehead atoms. The van der Waals surface area contributed by atoms with Crippen LogP contribution in [0.2, 0.25) is 0 Å². The molecule has 2 N–H and O–H groups in total. The third-order valence-electron chi connectivity index (χ3n) is 2.45. The largest absolute Gasteiger partial charge is 0.504 e. The number of hydrogen-bond donors (Lipinski definition) is 2. The molecule has 1 amide bonds. The van der Waals surface area contributed by atoms with Crippen molar-refractivity contribution in [3.8, 4) is 11.5 Å². The first-order valence-electron chi connectivity index (χ1n) is 5.61. The maximum Gasteiger partial charge on any atom is 0.295 e.